The van der Waals surface area contributed by atoms with Crippen molar-refractivity contribution < 1.29 is 5.11 Å². The van der Waals surface area contributed by atoms with Gasteiger partial charge < -0.3 is 10.4 Å². The standard InChI is InChI=1S/C20H25N5O/c1-13(2)23-20-22-12-19-17(14-7-9-21-10-8-14)11-18(25(19)24-20)15-3-5-16(26)6-4-15/h7-13,15-16,26H,3-6H2,1-2H3,(H,23,24). The molecule has 0 amide bonds. The maximum Gasteiger partial charge on any atom is 0.241 e. The molecule has 1 aliphatic carbocycles. The number of nitrogens with one attached hydrogen (secondary N) is 1. The molecule has 0 aliphatic heterocycles. The highest BCUT2D eigenvalue weighted by atomic mass is 16.3. The minimum atomic E-state index is -0.162. The Labute approximate surface area is 153 Å². The topological polar surface area (TPSA) is 75.3 Å². The van der Waals surface area contributed by atoms with Crippen LogP contribution in [0.1, 0.15) is 51.1 Å². The fourth-order valence-corrected chi connectivity index (χ4v) is 3.76. The third kappa shape index (κ3) is 3.29. The predicted molar refractivity (Wildman–Crippen MR) is 102 cm³/mol. The van der Waals surface area contributed by atoms with Crippen LogP contribution >= 0.6 is 0 Å². The van der Waals surface area contributed by atoms with Gasteiger partial charge in [0, 0.05) is 35.6 Å². The van der Waals surface area contributed by atoms with Crippen LogP contribution in [0, 0.1) is 0 Å². The van der Waals surface area contributed by atoms with Gasteiger partial charge in [-0.05, 0) is 63.3 Å². The van der Waals surface area contributed by atoms with Gasteiger partial charge in [-0.15, -0.1) is 5.10 Å². The van der Waals surface area contributed by atoms with Gasteiger partial charge >= 0.3 is 0 Å². The minimum Gasteiger partial charge on any atom is -0.393 e. The van der Waals surface area contributed by atoms with E-state index in [9.17, 15) is 5.11 Å². The molecule has 1 aliphatic rings. The molecule has 6 heteroatoms. The second-order valence-corrected chi connectivity index (χ2v) is 7.40. The third-order valence-electron chi connectivity index (χ3n) is 5.07. The van der Waals surface area contributed by atoms with Gasteiger partial charge in [0.15, 0.2) is 0 Å². The molecule has 6 nitrogen and oxygen atoms in total. The largest absolute Gasteiger partial charge is 0.393 e. The smallest absolute Gasteiger partial charge is 0.241 e. The molecule has 0 unspecified atom stereocenters. The van der Waals surface area contributed by atoms with E-state index in [2.05, 4.69) is 35.2 Å². The number of pyridine rings is 1. The van der Waals surface area contributed by atoms with Crippen LogP contribution in [0.3, 0.4) is 0 Å². The normalized spacial score (nSPS) is 20.6. The lowest BCUT2D eigenvalue weighted by Gasteiger charge is -2.25. The van der Waals surface area contributed by atoms with Gasteiger partial charge in [-0.1, -0.05) is 0 Å². The number of rotatable bonds is 4. The first-order valence-electron chi connectivity index (χ1n) is 9.35. The second-order valence-electron chi connectivity index (χ2n) is 7.40. The van der Waals surface area contributed by atoms with Crippen molar-refractivity contribution >= 4 is 11.5 Å². The van der Waals surface area contributed by atoms with Crippen molar-refractivity contribution in [2.45, 2.75) is 57.6 Å². The number of aliphatic hydroxyl groups is 1. The van der Waals surface area contributed by atoms with Crippen molar-refractivity contribution in [3.05, 3.63) is 42.5 Å². The monoisotopic (exact) mass is 351 g/mol. The van der Waals surface area contributed by atoms with E-state index in [1.807, 2.05) is 35.2 Å². The van der Waals surface area contributed by atoms with E-state index in [0.717, 1.165) is 42.3 Å². The minimum absolute atomic E-state index is 0.162. The van der Waals surface area contributed by atoms with Crippen LogP contribution < -0.4 is 5.32 Å². The van der Waals surface area contributed by atoms with E-state index in [-0.39, 0.29) is 12.1 Å². The van der Waals surface area contributed by atoms with Crippen molar-refractivity contribution in [1.82, 2.24) is 19.6 Å². The number of nitrogens with zero attached hydrogens (tertiary/aromatic N) is 4. The van der Waals surface area contributed by atoms with E-state index < -0.39 is 0 Å². The highest BCUT2D eigenvalue weighted by molar-refractivity contribution is 5.81. The molecule has 1 fully saturated rings. The zero-order valence-corrected chi connectivity index (χ0v) is 15.3. The Kier molecular flexibility index (Phi) is 4.59. The Morgan fingerprint density at radius 2 is 1.88 bits per heavy atom. The van der Waals surface area contributed by atoms with Gasteiger partial charge in [-0.2, -0.15) is 0 Å². The fourth-order valence-electron chi connectivity index (χ4n) is 3.76. The van der Waals surface area contributed by atoms with Crippen molar-refractivity contribution in [2.24, 2.45) is 0 Å². The van der Waals surface area contributed by atoms with E-state index in [4.69, 9.17) is 5.10 Å². The zero-order valence-electron chi connectivity index (χ0n) is 15.3. The van der Waals surface area contributed by atoms with Crippen LogP contribution in [0.25, 0.3) is 16.6 Å². The Balaban J connectivity index is 1.82. The molecule has 4 rings (SSSR count). The SMILES string of the molecule is CC(C)Nc1ncc2c(-c3ccncc3)cc(C3CCC(O)CC3)n2n1. The van der Waals surface area contributed by atoms with Gasteiger partial charge in [-0.25, -0.2) is 9.50 Å². The fraction of sp³-hybridized carbons (Fsp3) is 0.450. The first-order valence-corrected chi connectivity index (χ1v) is 9.35. The molecule has 3 aromatic heterocycles. The van der Waals surface area contributed by atoms with E-state index in [1.54, 1.807) is 0 Å². The summed E-state index contributed by atoms with van der Waals surface area (Å²) in [7, 11) is 0. The lowest BCUT2D eigenvalue weighted by atomic mass is 9.85. The molecule has 0 atom stereocenters. The van der Waals surface area contributed by atoms with E-state index in [1.165, 1.54) is 5.69 Å². The van der Waals surface area contributed by atoms with Crippen LogP contribution in [0.2, 0.25) is 0 Å². The van der Waals surface area contributed by atoms with Gasteiger partial charge in [0.1, 0.15) is 0 Å². The number of aliphatic hydroxyl groups excluding tert-OH is 1. The molecule has 0 radical (unpaired) electrons. The van der Waals surface area contributed by atoms with Crippen LogP contribution in [-0.4, -0.2) is 36.8 Å². The van der Waals surface area contributed by atoms with Crippen molar-refractivity contribution in [2.75, 3.05) is 5.32 Å². The molecular formula is C20H25N5O. The average molecular weight is 351 g/mol. The molecule has 26 heavy (non-hydrogen) atoms. The van der Waals surface area contributed by atoms with Crippen molar-refractivity contribution in [3.63, 3.8) is 0 Å². The summed E-state index contributed by atoms with van der Waals surface area (Å²) >= 11 is 0. The van der Waals surface area contributed by atoms with Crippen molar-refractivity contribution in [3.8, 4) is 11.1 Å². The molecule has 136 valence electrons. The Hall–Kier alpha value is -2.47. The second kappa shape index (κ2) is 7.03. The lowest BCUT2D eigenvalue weighted by molar-refractivity contribution is 0.121. The van der Waals surface area contributed by atoms with Gasteiger partial charge in [0.05, 0.1) is 17.8 Å². The van der Waals surface area contributed by atoms with E-state index >= 15 is 0 Å². The number of hydrogen-bond donors (Lipinski definition) is 2. The number of anilines is 1. The third-order valence-corrected chi connectivity index (χ3v) is 5.07. The summed E-state index contributed by atoms with van der Waals surface area (Å²) < 4.78 is 2.04. The number of hydrogen-bond acceptors (Lipinski definition) is 5. The zero-order chi connectivity index (χ0) is 18.1. The first kappa shape index (κ1) is 17.0. The summed E-state index contributed by atoms with van der Waals surface area (Å²) in [4.78, 5) is 8.63. The Bertz CT molecular complexity index is 882. The average Bonchev–Trinajstić information content (AvgIpc) is 3.01. The summed E-state index contributed by atoms with van der Waals surface area (Å²) in [6.07, 6.45) is 9.03. The highest BCUT2D eigenvalue weighted by Gasteiger charge is 2.25. The summed E-state index contributed by atoms with van der Waals surface area (Å²) in [5.41, 5.74) is 4.46. The maximum absolute atomic E-state index is 9.86. The molecule has 3 aromatic rings. The van der Waals surface area contributed by atoms with Crippen LogP contribution in [0.5, 0.6) is 0 Å². The quantitative estimate of drug-likeness (QED) is 0.751. The highest BCUT2D eigenvalue weighted by Crippen LogP contribution is 2.37. The molecule has 0 aromatic carbocycles. The molecule has 0 saturated heterocycles. The molecular weight excluding hydrogens is 326 g/mol. The summed E-state index contributed by atoms with van der Waals surface area (Å²) in [5, 5.41) is 17.9. The predicted octanol–water partition coefficient (Wildman–Crippen LogP) is 3.63. The number of fused-ring (bicyclic) bond motifs is 1. The van der Waals surface area contributed by atoms with Crippen molar-refractivity contribution in [1.29, 1.82) is 0 Å². The molecule has 1 saturated carbocycles. The Morgan fingerprint density at radius 1 is 1.15 bits per heavy atom. The van der Waals surface area contributed by atoms with Gasteiger partial charge in [0.2, 0.25) is 5.95 Å². The molecule has 0 bridgehead atoms. The molecule has 0 spiro atoms. The first-order chi connectivity index (χ1) is 12.6. The van der Waals surface area contributed by atoms with Crippen LogP contribution in [0.15, 0.2) is 36.8 Å². The lowest BCUT2D eigenvalue weighted by Crippen LogP contribution is -2.19. The van der Waals surface area contributed by atoms with Gasteiger partial charge in [-0.3, -0.25) is 4.98 Å². The number of aromatic nitrogens is 4. The van der Waals surface area contributed by atoms with E-state index in [0.29, 0.717) is 11.9 Å². The Morgan fingerprint density at radius 3 is 2.58 bits per heavy atom. The summed E-state index contributed by atoms with van der Waals surface area (Å²) in [6, 6.07) is 6.55. The molecule has 2 N–H and O–H groups in total. The maximum atomic E-state index is 9.86. The van der Waals surface area contributed by atoms with Crippen LogP contribution in [0.4, 0.5) is 5.95 Å². The van der Waals surface area contributed by atoms with Gasteiger partial charge in [0.25, 0.3) is 0 Å². The summed E-state index contributed by atoms with van der Waals surface area (Å²) in [5.74, 6) is 1.05. The van der Waals surface area contributed by atoms with Crippen LogP contribution in [-0.2, 0) is 0 Å². The summed E-state index contributed by atoms with van der Waals surface area (Å²) in [6.45, 7) is 4.16. The molecule has 3 heterocycles.